The van der Waals surface area contributed by atoms with E-state index in [-0.39, 0.29) is 21.8 Å². The van der Waals surface area contributed by atoms with E-state index in [1.54, 1.807) is 6.07 Å². The van der Waals surface area contributed by atoms with Crippen LogP contribution in [-0.2, 0) is 6.18 Å². The lowest BCUT2D eigenvalue weighted by atomic mass is 10.1. The summed E-state index contributed by atoms with van der Waals surface area (Å²) in [6.45, 7) is 4.89. The molecule has 0 aliphatic carbocycles. The standard InChI is InChI=1S/C14H11F3N2OS/c1-8(2)12(20)9(7-18)13(21)19-11-6-4-3-5-10(11)14(15,16)17/h3-6,20H,1H2,2H3,(H,19,21). The van der Waals surface area contributed by atoms with Crippen LogP contribution < -0.4 is 5.32 Å². The Hall–Kier alpha value is -2.33. The minimum Gasteiger partial charge on any atom is -0.506 e. The molecule has 2 N–H and O–H groups in total. The number of aliphatic hydroxyl groups is 1. The summed E-state index contributed by atoms with van der Waals surface area (Å²) in [5.41, 5.74) is -1.37. The van der Waals surface area contributed by atoms with Gasteiger partial charge in [0, 0.05) is 0 Å². The van der Waals surface area contributed by atoms with Gasteiger partial charge in [-0.05, 0) is 24.6 Å². The summed E-state index contributed by atoms with van der Waals surface area (Å²) in [4.78, 5) is -0.310. The van der Waals surface area contributed by atoms with Gasteiger partial charge in [-0.15, -0.1) is 0 Å². The molecule has 0 heterocycles. The number of halogens is 3. The Kier molecular flexibility index (Phi) is 5.11. The third-order valence-corrected chi connectivity index (χ3v) is 2.77. The van der Waals surface area contributed by atoms with Crippen molar-refractivity contribution in [3.63, 3.8) is 0 Å². The van der Waals surface area contributed by atoms with Crippen LogP contribution in [0.25, 0.3) is 0 Å². The predicted molar refractivity (Wildman–Crippen MR) is 77.7 cm³/mol. The molecular weight excluding hydrogens is 301 g/mol. The van der Waals surface area contributed by atoms with Crippen LogP contribution in [0.15, 0.2) is 47.7 Å². The molecule has 0 aliphatic heterocycles. The quantitative estimate of drug-likeness (QED) is 0.286. The van der Waals surface area contributed by atoms with Gasteiger partial charge in [-0.1, -0.05) is 30.9 Å². The Morgan fingerprint density at radius 1 is 1.38 bits per heavy atom. The van der Waals surface area contributed by atoms with Crippen LogP contribution in [0.1, 0.15) is 12.5 Å². The molecule has 0 fully saturated rings. The molecule has 0 aromatic heterocycles. The van der Waals surface area contributed by atoms with Crippen molar-refractivity contribution < 1.29 is 18.3 Å². The zero-order valence-corrected chi connectivity index (χ0v) is 11.8. The fourth-order valence-corrected chi connectivity index (χ4v) is 1.70. The van der Waals surface area contributed by atoms with Gasteiger partial charge in [0.25, 0.3) is 0 Å². The lowest BCUT2D eigenvalue weighted by molar-refractivity contribution is -0.136. The number of alkyl halides is 3. The van der Waals surface area contributed by atoms with Crippen molar-refractivity contribution in [1.82, 2.24) is 0 Å². The van der Waals surface area contributed by atoms with E-state index in [4.69, 9.17) is 17.5 Å². The Labute approximate surface area is 125 Å². The van der Waals surface area contributed by atoms with Crippen molar-refractivity contribution in [3.05, 3.63) is 53.3 Å². The van der Waals surface area contributed by atoms with Crippen molar-refractivity contribution in [2.75, 3.05) is 5.32 Å². The third-order valence-electron chi connectivity index (χ3n) is 2.46. The van der Waals surface area contributed by atoms with E-state index < -0.39 is 17.5 Å². The number of hydrogen-bond donors (Lipinski definition) is 2. The van der Waals surface area contributed by atoms with Gasteiger partial charge < -0.3 is 10.4 Å². The minimum absolute atomic E-state index is 0.180. The normalized spacial score (nSPS) is 12.1. The molecule has 0 unspecified atom stereocenters. The molecule has 0 amide bonds. The van der Waals surface area contributed by atoms with Gasteiger partial charge in [-0.25, -0.2) is 0 Å². The number of rotatable bonds is 3. The molecule has 0 atom stereocenters. The van der Waals surface area contributed by atoms with Gasteiger partial charge in [0.15, 0.2) is 0 Å². The summed E-state index contributed by atoms with van der Waals surface area (Å²) in [5, 5.41) is 21.0. The number of anilines is 1. The SMILES string of the molecule is C=C(C)C(O)=C(C#N)C(=S)Nc1ccccc1C(F)(F)F. The zero-order valence-electron chi connectivity index (χ0n) is 11.0. The summed E-state index contributed by atoms with van der Waals surface area (Å²) in [6, 6.07) is 6.35. The second-order valence-corrected chi connectivity index (χ2v) is 4.52. The van der Waals surface area contributed by atoms with Crippen LogP contribution in [-0.4, -0.2) is 10.1 Å². The molecule has 110 valence electrons. The second kappa shape index (κ2) is 6.41. The van der Waals surface area contributed by atoms with Crippen LogP contribution >= 0.6 is 12.2 Å². The van der Waals surface area contributed by atoms with Crippen molar-refractivity contribution >= 4 is 22.9 Å². The Morgan fingerprint density at radius 2 is 1.95 bits per heavy atom. The first-order chi connectivity index (χ1) is 9.68. The van der Waals surface area contributed by atoms with Crippen LogP contribution in [0, 0.1) is 11.3 Å². The van der Waals surface area contributed by atoms with E-state index in [1.807, 2.05) is 0 Å². The average molecular weight is 312 g/mol. The number of hydrogen-bond acceptors (Lipinski definition) is 3. The summed E-state index contributed by atoms with van der Waals surface area (Å²) in [7, 11) is 0. The highest BCUT2D eigenvalue weighted by Gasteiger charge is 2.33. The number of thiocarbonyl (C=S) groups is 1. The number of benzene rings is 1. The number of allylic oxidation sites excluding steroid dienone is 1. The highest BCUT2D eigenvalue weighted by Crippen LogP contribution is 2.34. The summed E-state index contributed by atoms with van der Waals surface area (Å²) >= 11 is 4.87. The van der Waals surface area contributed by atoms with E-state index in [9.17, 15) is 18.3 Å². The van der Waals surface area contributed by atoms with E-state index in [1.165, 1.54) is 25.1 Å². The highest BCUT2D eigenvalue weighted by molar-refractivity contribution is 7.81. The molecular formula is C14H11F3N2OS. The molecule has 0 saturated heterocycles. The van der Waals surface area contributed by atoms with E-state index in [0.717, 1.165) is 6.07 Å². The smallest absolute Gasteiger partial charge is 0.418 e. The van der Waals surface area contributed by atoms with E-state index in [0.29, 0.717) is 0 Å². The second-order valence-electron chi connectivity index (χ2n) is 4.11. The van der Waals surface area contributed by atoms with E-state index in [2.05, 4.69) is 11.9 Å². The topological polar surface area (TPSA) is 56.0 Å². The van der Waals surface area contributed by atoms with Gasteiger partial charge in [0.05, 0.1) is 11.3 Å². The number of aliphatic hydroxyl groups excluding tert-OH is 1. The van der Waals surface area contributed by atoms with Gasteiger partial charge >= 0.3 is 6.18 Å². The molecule has 0 radical (unpaired) electrons. The molecule has 1 aromatic rings. The fourth-order valence-electron chi connectivity index (χ4n) is 1.45. The van der Waals surface area contributed by atoms with Crippen molar-refractivity contribution in [3.8, 4) is 6.07 Å². The van der Waals surface area contributed by atoms with Crippen LogP contribution in [0.2, 0.25) is 0 Å². The van der Waals surface area contributed by atoms with Gasteiger partial charge in [0.2, 0.25) is 0 Å². The molecule has 1 rings (SSSR count). The molecule has 3 nitrogen and oxygen atoms in total. The van der Waals surface area contributed by atoms with Crippen molar-refractivity contribution in [2.24, 2.45) is 0 Å². The lowest BCUT2D eigenvalue weighted by Crippen LogP contribution is -2.17. The van der Waals surface area contributed by atoms with Crippen molar-refractivity contribution in [2.45, 2.75) is 13.1 Å². The summed E-state index contributed by atoms with van der Waals surface area (Å²) in [5.74, 6) is -0.459. The molecule has 1 aromatic carbocycles. The zero-order chi connectivity index (χ0) is 16.2. The summed E-state index contributed by atoms with van der Waals surface area (Å²) in [6.07, 6.45) is -4.56. The van der Waals surface area contributed by atoms with Crippen LogP contribution in [0.5, 0.6) is 0 Å². The summed E-state index contributed by atoms with van der Waals surface area (Å²) < 4.78 is 38.5. The lowest BCUT2D eigenvalue weighted by Gasteiger charge is -2.15. The molecule has 21 heavy (non-hydrogen) atoms. The van der Waals surface area contributed by atoms with E-state index >= 15 is 0 Å². The Balaban J connectivity index is 3.19. The number of nitrogens with zero attached hydrogens (tertiary/aromatic N) is 1. The number of para-hydroxylation sites is 1. The first-order valence-corrected chi connectivity index (χ1v) is 6.06. The van der Waals surface area contributed by atoms with Crippen LogP contribution in [0.4, 0.5) is 18.9 Å². The Bertz CT molecular complexity index is 657. The number of nitrogens with one attached hydrogen (secondary N) is 1. The minimum atomic E-state index is -4.56. The predicted octanol–water partition coefficient (Wildman–Crippen LogP) is 4.36. The van der Waals surface area contributed by atoms with Crippen LogP contribution in [0.3, 0.4) is 0 Å². The van der Waals surface area contributed by atoms with Gasteiger partial charge in [-0.3, -0.25) is 0 Å². The third kappa shape index (κ3) is 4.07. The highest BCUT2D eigenvalue weighted by atomic mass is 32.1. The maximum Gasteiger partial charge on any atom is 0.418 e. The van der Waals surface area contributed by atoms with Gasteiger partial charge in [0.1, 0.15) is 22.4 Å². The molecule has 7 heteroatoms. The molecule has 0 bridgehead atoms. The van der Waals surface area contributed by atoms with Crippen molar-refractivity contribution in [1.29, 1.82) is 5.26 Å². The average Bonchev–Trinajstić information content (AvgIpc) is 2.38. The Morgan fingerprint density at radius 3 is 2.43 bits per heavy atom. The largest absolute Gasteiger partial charge is 0.506 e. The number of nitriles is 1. The molecule has 0 saturated carbocycles. The maximum atomic E-state index is 12.8. The monoisotopic (exact) mass is 312 g/mol. The maximum absolute atomic E-state index is 12.8. The molecule has 0 aliphatic rings. The first-order valence-electron chi connectivity index (χ1n) is 5.65. The molecule has 0 spiro atoms. The van der Waals surface area contributed by atoms with Gasteiger partial charge in [-0.2, -0.15) is 18.4 Å². The fraction of sp³-hybridized carbons (Fsp3) is 0.143. The first kappa shape index (κ1) is 16.7.